The molecule has 0 saturated heterocycles. The molecular weight excluding hydrogens is 363 g/mol. The first-order chi connectivity index (χ1) is 13.5. The Kier molecular flexibility index (Phi) is 6.80. The van der Waals surface area contributed by atoms with Gasteiger partial charge in [-0.05, 0) is 51.0 Å². The summed E-state index contributed by atoms with van der Waals surface area (Å²) in [6, 6.07) is 5.71. The lowest BCUT2D eigenvalue weighted by molar-refractivity contribution is 0.114. The van der Waals surface area contributed by atoms with Crippen LogP contribution in [-0.4, -0.2) is 51.6 Å². The standard InChI is InChI=1S/C19H27FN6O2/c1-3-21-19(24-17-5-4-10-26-18(17)23-13(2)25-26)22-11-15(27)12-28-16-8-6-14(20)7-9-16/h6-9,15,17,27H,3-5,10-12H2,1-2H3,(H2,21,22,24). The van der Waals surface area contributed by atoms with Crippen molar-refractivity contribution in [3.05, 3.63) is 41.7 Å². The number of guanidine groups is 1. The number of benzene rings is 1. The average Bonchev–Trinajstić information content (AvgIpc) is 3.07. The van der Waals surface area contributed by atoms with E-state index in [4.69, 9.17) is 4.74 Å². The smallest absolute Gasteiger partial charge is 0.191 e. The maximum Gasteiger partial charge on any atom is 0.191 e. The minimum absolute atomic E-state index is 0.0281. The number of nitrogens with one attached hydrogen (secondary N) is 2. The summed E-state index contributed by atoms with van der Waals surface area (Å²) in [7, 11) is 0. The Morgan fingerprint density at radius 1 is 1.43 bits per heavy atom. The fraction of sp³-hybridized carbons (Fsp3) is 0.526. The highest BCUT2D eigenvalue weighted by Crippen LogP contribution is 2.22. The predicted octanol–water partition coefficient (Wildman–Crippen LogP) is 1.56. The van der Waals surface area contributed by atoms with Crippen molar-refractivity contribution in [2.45, 2.75) is 45.4 Å². The van der Waals surface area contributed by atoms with Crippen molar-refractivity contribution in [3.8, 4) is 5.75 Å². The number of aliphatic hydroxyl groups excluding tert-OH is 1. The van der Waals surface area contributed by atoms with Gasteiger partial charge in [-0.2, -0.15) is 5.10 Å². The monoisotopic (exact) mass is 390 g/mol. The van der Waals surface area contributed by atoms with Crippen LogP contribution >= 0.6 is 0 Å². The van der Waals surface area contributed by atoms with Crippen molar-refractivity contribution in [2.24, 2.45) is 4.99 Å². The van der Waals surface area contributed by atoms with E-state index in [2.05, 4.69) is 25.7 Å². The van der Waals surface area contributed by atoms with Crippen LogP contribution in [0, 0.1) is 12.7 Å². The number of ether oxygens (including phenoxy) is 1. The van der Waals surface area contributed by atoms with Gasteiger partial charge in [-0.25, -0.2) is 14.1 Å². The third-order valence-corrected chi connectivity index (χ3v) is 4.35. The molecule has 0 amide bonds. The lowest BCUT2D eigenvalue weighted by Gasteiger charge is -2.25. The highest BCUT2D eigenvalue weighted by Gasteiger charge is 2.24. The molecule has 2 atom stereocenters. The molecule has 2 unspecified atom stereocenters. The number of hydrogen-bond donors (Lipinski definition) is 3. The Hall–Kier alpha value is -2.68. The Balaban J connectivity index is 1.55. The summed E-state index contributed by atoms with van der Waals surface area (Å²) in [6.07, 6.45) is 1.18. The number of nitrogens with zero attached hydrogens (tertiary/aromatic N) is 4. The third kappa shape index (κ3) is 5.41. The van der Waals surface area contributed by atoms with Crippen molar-refractivity contribution in [1.29, 1.82) is 0 Å². The van der Waals surface area contributed by atoms with Crippen molar-refractivity contribution >= 4 is 5.96 Å². The molecule has 1 aliphatic rings. The molecule has 28 heavy (non-hydrogen) atoms. The van der Waals surface area contributed by atoms with Gasteiger partial charge in [0.2, 0.25) is 0 Å². The number of halogens is 1. The van der Waals surface area contributed by atoms with Crippen molar-refractivity contribution in [1.82, 2.24) is 25.4 Å². The SMILES string of the molecule is CCNC(=NCC(O)COc1ccc(F)cc1)NC1CCCn2nc(C)nc21. The molecule has 0 bridgehead atoms. The van der Waals surface area contributed by atoms with E-state index >= 15 is 0 Å². The summed E-state index contributed by atoms with van der Waals surface area (Å²) in [5.41, 5.74) is 0. The van der Waals surface area contributed by atoms with E-state index in [-0.39, 0.29) is 25.0 Å². The lowest BCUT2D eigenvalue weighted by Crippen LogP contribution is -2.42. The van der Waals surface area contributed by atoms with Gasteiger partial charge in [-0.15, -0.1) is 0 Å². The number of aryl methyl sites for hydroxylation is 2. The third-order valence-electron chi connectivity index (χ3n) is 4.35. The minimum Gasteiger partial charge on any atom is -0.491 e. The zero-order valence-corrected chi connectivity index (χ0v) is 16.2. The quantitative estimate of drug-likeness (QED) is 0.490. The topological polar surface area (TPSA) is 96.6 Å². The molecule has 1 aliphatic heterocycles. The predicted molar refractivity (Wildman–Crippen MR) is 104 cm³/mol. The maximum atomic E-state index is 12.9. The summed E-state index contributed by atoms with van der Waals surface area (Å²) in [6.45, 7) is 5.70. The van der Waals surface area contributed by atoms with E-state index in [0.29, 0.717) is 18.3 Å². The van der Waals surface area contributed by atoms with Crippen LogP contribution in [0.15, 0.2) is 29.3 Å². The molecule has 1 aromatic heterocycles. The van der Waals surface area contributed by atoms with E-state index < -0.39 is 6.10 Å². The zero-order valence-electron chi connectivity index (χ0n) is 16.2. The number of rotatable bonds is 7. The minimum atomic E-state index is -0.780. The first-order valence-electron chi connectivity index (χ1n) is 9.57. The van der Waals surface area contributed by atoms with Crippen molar-refractivity contribution in [2.75, 3.05) is 19.7 Å². The molecule has 0 fully saturated rings. The summed E-state index contributed by atoms with van der Waals surface area (Å²) >= 11 is 0. The molecule has 1 aromatic carbocycles. The second-order valence-electron chi connectivity index (χ2n) is 6.72. The van der Waals surface area contributed by atoms with Crippen LogP contribution in [0.3, 0.4) is 0 Å². The van der Waals surface area contributed by atoms with Crippen LogP contribution in [0.5, 0.6) is 5.75 Å². The molecule has 8 nitrogen and oxygen atoms in total. The van der Waals surface area contributed by atoms with Crippen LogP contribution in [0.2, 0.25) is 0 Å². The number of aliphatic imine (C=N–C) groups is 1. The van der Waals surface area contributed by atoms with Gasteiger partial charge in [0.15, 0.2) is 5.96 Å². The van der Waals surface area contributed by atoms with E-state index in [1.54, 1.807) is 0 Å². The molecular formula is C19H27FN6O2. The van der Waals surface area contributed by atoms with E-state index in [1.807, 2.05) is 18.5 Å². The number of aliphatic hydroxyl groups is 1. The Bertz CT molecular complexity index is 792. The van der Waals surface area contributed by atoms with Gasteiger partial charge in [0.1, 0.15) is 35.9 Å². The lowest BCUT2D eigenvalue weighted by atomic mass is 10.1. The van der Waals surface area contributed by atoms with E-state index in [1.165, 1.54) is 24.3 Å². The first kappa shape index (κ1) is 20.1. The van der Waals surface area contributed by atoms with Gasteiger partial charge in [0, 0.05) is 13.1 Å². The van der Waals surface area contributed by atoms with Gasteiger partial charge >= 0.3 is 0 Å². The van der Waals surface area contributed by atoms with Gasteiger partial charge in [-0.3, -0.25) is 4.99 Å². The van der Waals surface area contributed by atoms with Gasteiger partial charge in [0.25, 0.3) is 0 Å². The zero-order chi connectivity index (χ0) is 19.9. The average molecular weight is 390 g/mol. The van der Waals surface area contributed by atoms with Crippen molar-refractivity contribution in [3.63, 3.8) is 0 Å². The van der Waals surface area contributed by atoms with Crippen molar-refractivity contribution < 1.29 is 14.2 Å². The highest BCUT2D eigenvalue weighted by atomic mass is 19.1. The molecule has 0 radical (unpaired) electrons. The molecule has 3 N–H and O–H groups in total. The summed E-state index contributed by atoms with van der Waals surface area (Å²) in [4.78, 5) is 8.98. The van der Waals surface area contributed by atoms with Gasteiger partial charge < -0.3 is 20.5 Å². The van der Waals surface area contributed by atoms with E-state index in [0.717, 1.165) is 31.0 Å². The summed E-state index contributed by atoms with van der Waals surface area (Å²) < 4.78 is 20.3. The second kappa shape index (κ2) is 9.50. The Morgan fingerprint density at radius 2 is 2.21 bits per heavy atom. The maximum absolute atomic E-state index is 12.9. The molecule has 0 aliphatic carbocycles. The fourth-order valence-corrected chi connectivity index (χ4v) is 3.06. The second-order valence-corrected chi connectivity index (χ2v) is 6.72. The normalized spacial score (nSPS) is 17.7. The number of hydrogen-bond acceptors (Lipinski definition) is 5. The molecule has 0 spiro atoms. The van der Waals surface area contributed by atoms with Crippen LogP contribution in [-0.2, 0) is 6.54 Å². The fourth-order valence-electron chi connectivity index (χ4n) is 3.06. The summed E-state index contributed by atoms with van der Waals surface area (Å²) in [5, 5.41) is 21.1. The van der Waals surface area contributed by atoms with Crippen LogP contribution < -0.4 is 15.4 Å². The van der Waals surface area contributed by atoms with Crippen LogP contribution in [0.25, 0.3) is 0 Å². The Morgan fingerprint density at radius 3 is 2.96 bits per heavy atom. The first-order valence-corrected chi connectivity index (χ1v) is 9.57. The number of aromatic nitrogens is 3. The van der Waals surface area contributed by atoms with Gasteiger partial charge in [-0.1, -0.05) is 0 Å². The number of fused-ring (bicyclic) bond motifs is 1. The van der Waals surface area contributed by atoms with Crippen LogP contribution in [0.4, 0.5) is 4.39 Å². The molecule has 152 valence electrons. The molecule has 3 rings (SSSR count). The molecule has 9 heteroatoms. The summed E-state index contributed by atoms with van der Waals surface area (Å²) in [5.74, 6) is 2.47. The molecule has 0 saturated carbocycles. The van der Waals surface area contributed by atoms with Crippen LogP contribution in [0.1, 0.15) is 37.5 Å². The molecule has 2 heterocycles. The molecule has 2 aromatic rings. The van der Waals surface area contributed by atoms with E-state index in [9.17, 15) is 9.50 Å². The largest absolute Gasteiger partial charge is 0.491 e. The highest BCUT2D eigenvalue weighted by molar-refractivity contribution is 5.80. The Labute approximate surface area is 163 Å². The van der Waals surface area contributed by atoms with Gasteiger partial charge in [0.05, 0.1) is 12.6 Å².